The summed E-state index contributed by atoms with van der Waals surface area (Å²) in [6.07, 6.45) is 0. The molecule has 2 rings (SSSR count). The molecule has 0 radical (unpaired) electrons. The molecule has 0 aromatic heterocycles. The van der Waals surface area contributed by atoms with Crippen LogP contribution in [0.2, 0.25) is 0 Å². The van der Waals surface area contributed by atoms with Crippen LogP contribution in [0.4, 0.5) is 0 Å². The first kappa shape index (κ1) is 17.7. The smallest absolute Gasteiger partial charge is 0.253 e. The van der Waals surface area contributed by atoms with Gasteiger partial charge in [0.1, 0.15) is 10.6 Å². The Morgan fingerprint density at radius 1 is 1.26 bits per heavy atom. The van der Waals surface area contributed by atoms with Crippen molar-refractivity contribution in [3.05, 3.63) is 23.8 Å². The van der Waals surface area contributed by atoms with E-state index in [0.29, 0.717) is 18.7 Å². The summed E-state index contributed by atoms with van der Waals surface area (Å²) in [7, 11) is -0.969. The zero-order valence-electron chi connectivity index (χ0n) is 13.7. The van der Waals surface area contributed by atoms with E-state index in [1.165, 1.54) is 26.3 Å². The van der Waals surface area contributed by atoms with Crippen LogP contribution in [0.3, 0.4) is 0 Å². The molecule has 8 heteroatoms. The summed E-state index contributed by atoms with van der Waals surface area (Å²) in [6, 6.07) is 4.49. The minimum absolute atomic E-state index is 0.0273. The van der Waals surface area contributed by atoms with Gasteiger partial charge in [-0.05, 0) is 31.8 Å². The minimum atomic E-state index is -3.69. The molecule has 0 bridgehead atoms. The van der Waals surface area contributed by atoms with Crippen molar-refractivity contribution in [2.75, 3.05) is 46.9 Å². The highest BCUT2D eigenvalue weighted by Crippen LogP contribution is 2.25. The second kappa shape index (κ2) is 7.29. The van der Waals surface area contributed by atoms with Gasteiger partial charge in [-0.25, -0.2) is 13.1 Å². The Labute approximate surface area is 137 Å². The number of nitrogens with zero attached hydrogens (tertiary/aromatic N) is 2. The molecule has 0 unspecified atom stereocenters. The van der Waals surface area contributed by atoms with Crippen LogP contribution in [-0.4, -0.2) is 71.0 Å². The Balaban J connectivity index is 2.27. The van der Waals surface area contributed by atoms with Gasteiger partial charge in [0, 0.05) is 31.7 Å². The third-order valence-electron chi connectivity index (χ3n) is 4.08. The molecule has 1 amide bonds. The molecule has 23 heavy (non-hydrogen) atoms. The molecule has 0 spiro atoms. The topological polar surface area (TPSA) is 79.0 Å². The molecule has 1 heterocycles. The highest BCUT2D eigenvalue weighted by atomic mass is 32.2. The number of benzene rings is 1. The van der Waals surface area contributed by atoms with Crippen molar-refractivity contribution >= 4 is 15.9 Å². The van der Waals surface area contributed by atoms with Crippen LogP contribution in [0.5, 0.6) is 5.75 Å². The first-order chi connectivity index (χ1) is 10.9. The summed E-state index contributed by atoms with van der Waals surface area (Å²) in [5.41, 5.74) is 0.351. The van der Waals surface area contributed by atoms with Gasteiger partial charge in [-0.1, -0.05) is 6.92 Å². The average molecular weight is 341 g/mol. The minimum Gasteiger partial charge on any atom is -0.495 e. The van der Waals surface area contributed by atoms with Crippen molar-refractivity contribution in [2.24, 2.45) is 0 Å². The molecular weight excluding hydrogens is 318 g/mol. The van der Waals surface area contributed by atoms with Crippen LogP contribution in [0.1, 0.15) is 17.3 Å². The van der Waals surface area contributed by atoms with Gasteiger partial charge in [-0.2, -0.15) is 0 Å². The summed E-state index contributed by atoms with van der Waals surface area (Å²) < 4.78 is 31.5. The molecule has 0 saturated carbocycles. The number of hydrogen-bond donors (Lipinski definition) is 1. The van der Waals surface area contributed by atoms with Crippen molar-refractivity contribution in [1.29, 1.82) is 0 Å². The largest absolute Gasteiger partial charge is 0.495 e. The normalized spacial score (nSPS) is 16.4. The number of likely N-dealkylation sites (N-methyl/N-ethyl adjacent to an activating group) is 1. The summed E-state index contributed by atoms with van der Waals surface area (Å²) in [5.74, 6) is 0.0580. The highest BCUT2D eigenvalue weighted by Gasteiger charge is 2.24. The fraction of sp³-hybridized carbons (Fsp3) is 0.533. The molecule has 7 nitrogen and oxygen atoms in total. The zero-order chi connectivity index (χ0) is 17.0. The summed E-state index contributed by atoms with van der Waals surface area (Å²) in [6.45, 7) is 6.02. The molecule has 1 fully saturated rings. The number of sulfonamides is 1. The van der Waals surface area contributed by atoms with Crippen LogP contribution >= 0.6 is 0 Å². The Morgan fingerprint density at radius 2 is 1.91 bits per heavy atom. The predicted molar refractivity (Wildman–Crippen MR) is 87.3 cm³/mol. The number of piperazine rings is 1. The van der Waals surface area contributed by atoms with E-state index in [1.54, 1.807) is 11.0 Å². The van der Waals surface area contributed by atoms with Crippen LogP contribution in [0.15, 0.2) is 23.1 Å². The summed E-state index contributed by atoms with van der Waals surface area (Å²) in [5, 5.41) is 0. The van der Waals surface area contributed by atoms with E-state index >= 15 is 0 Å². The standard InChI is InChI=1S/C15H23N3O4S/c1-4-17-7-9-18(10-8-17)15(19)12-5-6-13(22-3)14(11-12)23(20,21)16-2/h5-6,11,16H,4,7-10H2,1-3H3. The lowest BCUT2D eigenvalue weighted by Crippen LogP contribution is -2.48. The quantitative estimate of drug-likeness (QED) is 0.838. The number of carbonyl (C=O) groups excluding carboxylic acids is 1. The summed E-state index contributed by atoms with van der Waals surface area (Å²) >= 11 is 0. The number of nitrogens with one attached hydrogen (secondary N) is 1. The number of carbonyl (C=O) groups is 1. The fourth-order valence-electron chi connectivity index (χ4n) is 2.58. The fourth-order valence-corrected chi connectivity index (χ4v) is 3.50. The lowest BCUT2D eigenvalue weighted by Gasteiger charge is -2.34. The van der Waals surface area contributed by atoms with Gasteiger partial charge in [0.15, 0.2) is 0 Å². The van der Waals surface area contributed by atoms with Crippen molar-refractivity contribution < 1.29 is 17.9 Å². The number of methoxy groups -OCH3 is 1. The maximum absolute atomic E-state index is 12.6. The number of amides is 1. The van der Waals surface area contributed by atoms with E-state index in [-0.39, 0.29) is 16.6 Å². The third-order valence-corrected chi connectivity index (χ3v) is 5.51. The van der Waals surface area contributed by atoms with Crippen LogP contribution in [-0.2, 0) is 10.0 Å². The van der Waals surface area contributed by atoms with Crippen LogP contribution in [0, 0.1) is 0 Å². The number of rotatable bonds is 5. The van der Waals surface area contributed by atoms with Gasteiger partial charge in [0.2, 0.25) is 10.0 Å². The van der Waals surface area contributed by atoms with Crippen molar-refractivity contribution in [3.8, 4) is 5.75 Å². The Morgan fingerprint density at radius 3 is 2.43 bits per heavy atom. The molecular formula is C15H23N3O4S. The molecule has 1 aromatic rings. The first-order valence-corrected chi connectivity index (χ1v) is 9.04. The van der Waals surface area contributed by atoms with Gasteiger partial charge in [-0.3, -0.25) is 4.79 Å². The van der Waals surface area contributed by atoms with Crippen LogP contribution < -0.4 is 9.46 Å². The number of hydrogen-bond acceptors (Lipinski definition) is 5. The highest BCUT2D eigenvalue weighted by molar-refractivity contribution is 7.89. The second-order valence-corrected chi connectivity index (χ2v) is 7.15. The van der Waals surface area contributed by atoms with Gasteiger partial charge in [-0.15, -0.1) is 0 Å². The third kappa shape index (κ3) is 3.82. The molecule has 1 N–H and O–H groups in total. The molecule has 1 aromatic carbocycles. The molecule has 0 atom stereocenters. The van der Waals surface area contributed by atoms with Gasteiger partial charge in [0.05, 0.1) is 7.11 Å². The molecule has 0 aliphatic carbocycles. The SMILES string of the molecule is CCN1CCN(C(=O)c2ccc(OC)c(S(=O)(=O)NC)c2)CC1. The van der Waals surface area contributed by atoms with Crippen molar-refractivity contribution in [3.63, 3.8) is 0 Å². The van der Waals surface area contributed by atoms with Gasteiger partial charge in [0.25, 0.3) is 5.91 Å². The Hall–Kier alpha value is -1.64. The Kier molecular flexibility index (Phi) is 5.61. The van der Waals surface area contributed by atoms with E-state index in [4.69, 9.17) is 4.74 Å². The molecule has 1 saturated heterocycles. The van der Waals surface area contributed by atoms with E-state index < -0.39 is 10.0 Å². The molecule has 1 aliphatic rings. The van der Waals surface area contributed by atoms with E-state index in [1.807, 2.05) is 0 Å². The van der Waals surface area contributed by atoms with Gasteiger partial charge >= 0.3 is 0 Å². The Bertz CT molecular complexity index is 667. The van der Waals surface area contributed by atoms with Crippen molar-refractivity contribution in [2.45, 2.75) is 11.8 Å². The lowest BCUT2D eigenvalue weighted by molar-refractivity contribution is 0.0643. The van der Waals surface area contributed by atoms with Crippen molar-refractivity contribution in [1.82, 2.24) is 14.5 Å². The second-order valence-electron chi connectivity index (χ2n) is 5.30. The summed E-state index contributed by atoms with van der Waals surface area (Å²) in [4.78, 5) is 16.6. The first-order valence-electron chi connectivity index (χ1n) is 7.56. The monoisotopic (exact) mass is 341 g/mol. The molecule has 128 valence electrons. The maximum atomic E-state index is 12.6. The van der Waals surface area contributed by atoms with E-state index in [0.717, 1.165) is 19.6 Å². The number of ether oxygens (including phenoxy) is 1. The maximum Gasteiger partial charge on any atom is 0.253 e. The van der Waals surface area contributed by atoms with E-state index in [2.05, 4.69) is 16.5 Å². The van der Waals surface area contributed by atoms with Crippen LogP contribution in [0.25, 0.3) is 0 Å². The predicted octanol–water partition coefficient (Wildman–Crippen LogP) is 0.381. The zero-order valence-corrected chi connectivity index (χ0v) is 14.5. The van der Waals surface area contributed by atoms with Gasteiger partial charge < -0.3 is 14.5 Å². The molecule has 1 aliphatic heterocycles. The van der Waals surface area contributed by atoms with E-state index in [9.17, 15) is 13.2 Å². The lowest BCUT2D eigenvalue weighted by atomic mass is 10.1. The average Bonchev–Trinajstić information content (AvgIpc) is 2.60.